The van der Waals surface area contributed by atoms with Crippen molar-refractivity contribution in [3.8, 4) is 16.8 Å². The van der Waals surface area contributed by atoms with Gasteiger partial charge in [0.25, 0.3) is 0 Å². The van der Waals surface area contributed by atoms with Gasteiger partial charge in [0, 0.05) is 0 Å². The number of nitrogens with zero attached hydrogens (tertiary/aromatic N) is 4. The van der Waals surface area contributed by atoms with Gasteiger partial charge in [-0.25, -0.2) is 0 Å². The number of anilines is 9. The van der Waals surface area contributed by atoms with E-state index in [0.29, 0.717) is 0 Å². The third-order valence-corrected chi connectivity index (χ3v) is 17.4. The summed E-state index contributed by atoms with van der Waals surface area (Å²) < 4.78 is 3.59. The number of fused-ring (bicyclic) bond motifs is 10. The maximum absolute atomic E-state index is 3.66. The van der Waals surface area contributed by atoms with Crippen LogP contribution in [0.5, 0.6) is 0 Å². The van der Waals surface area contributed by atoms with Crippen LogP contribution in [0.1, 0.15) is 0 Å². The molecule has 74 heavy (non-hydrogen) atoms. The number of aromatic nitrogens is 1. The predicted octanol–water partition coefficient (Wildman–Crippen LogP) is 13.0. The van der Waals surface area contributed by atoms with Crippen LogP contribution in [0.4, 0.5) is 51.2 Å². The fourth-order valence-corrected chi connectivity index (χ4v) is 14.3. The monoisotopic (exact) mass is 1030 g/mol. The average molecular weight is 1020 g/mol. The molecule has 3 aliphatic heterocycles. The molecule has 12 aromatic rings. The summed E-state index contributed by atoms with van der Waals surface area (Å²) in [5.41, 5.74) is 22.8. The zero-order chi connectivity index (χ0) is 48.9. The van der Waals surface area contributed by atoms with Gasteiger partial charge in [-0.2, -0.15) is 0 Å². The summed E-state index contributed by atoms with van der Waals surface area (Å²) in [6, 6.07) is 96.2. The van der Waals surface area contributed by atoms with E-state index in [9.17, 15) is 0 Å². The Hall–Kier alpha value is -8.38. The van der Waals surface area contributed by atoms with Crippen LogP contribution < -0.4 is 46.5 Å². The number of hydrogen-bond donors (Lipinski definition) is 0. The van der Waals surface area contributed by atoms with Crippen molar-refractivity contribution in [1.82, 2.24) is 4.57 Å². The van der Waals surface area contributed by atoms with Gasteiger partial charge in [0.15, 0.2) is 0 Å². The van der Waals surface area contributed by atoms with Gasteiger partial charge in [0.1, 0.15) is 0 Å². The molecule has 15 rings (SSSR count). The summed E-state index contributed by atoms with van der Waals surface area (Å²) in [5, 5.41) is 2.53. The topological polar surface area (TPSA) is 14.7 Å². The Morgan fingerprint density at radius 2 is 0.905 bits per heavy atom. The summed E-state index contributed by atoms with van der Waals surface area (Å²) >= 11 is 5.63. The first kappa shape index (κ1) is 43.2. The second-order valence-electron chi connectivity index (χ2n) is 19.3. The molecule has 0 amide bonds. The molecule has 8 heteroatoms. The Labute approximate surface area is 444 Å². The first-order valence-electron chi connectivity index (χ1n) is 25.3. The van der Waals surface area contributed by atoms with Crippen molar-refractivity contribution in [3.63, 3.8) is 0 Å². The Morgan fingerprint density at radius 3 is 1.55 bits per heavy atom. The first-order valence-corrected chi connectivity index (χ1v) is 27.0. The molecule has 0 N–H and O–H groups in total. The van der Waals surface area contributed by atoms with Crippen LogP contribution in [-0.2, 0) is 0 Å². The number of benzene rings is 11. The Morgan fingerprint density at radius 1 is 0.365 bits per heavy atom. The van der Waals surface area contributed by atoms with Gasteiger partial charge in [-0.05, 0) is 0 Å². The predicted molar refractivity (Wildman–Crippen MR) is 318 cm³/mol. The molecule has 11 aromatic carbocycles. The minimum atomic E-state index is -0.0700. The van der Waals surface area contributed by atoms with Gasteiger partial charge < -0.3 is 0 Å². The van der Waals surface area contributed by atoms with Crippen molar-refractivity contribution >= 4 is 145 Å². The van der Waals surface area contributed by atoms with E-state index in [2.05, 4.69) is 296 Å². The summed E-state index contributed by atoms with van der Waals surface area (Å²) in [5.74, 6) is 0.0204. The third-order valence-electron chi connectivity index (χ3n) is 15.3. The molecule has 0 saturated carbocycles. The number of rotatable bonds is 7. The first-order chi connectivity index (χ1) is 36.7. The van der Waals surface area contributed by atoms with Crippen LogP contribution in [0.25, 0.3) is 38.6 Å². The van der Waals surface area contributed by atoms with E-state index >= 15 is 0 Å². The Balaban J connectivity index is 0.976. The quantitative estimate of drug-likeness (QED) is 0.148. The van der Waals surface area contributed by atoms with Crippen LogP contribution in [0, 0.1) is 0 Å². The molecule has 0 saturated heterocycles. The zero-order valence-corrected chi connectivity index (χ0v) is 42.6. The van der Waals surface area contributed by atoms with E-state index in [4.69, 9.17) is 0 Å². The van der Waals surface area contributed by atoms with Gasteiger partial charge in [-0.15, -0.1) is 0 Å². The molecule has 0 unspecified atom stereocenters. The molecule has 0 fully saturated rings. The standard InChI is InChI=1S/C66H43B2N4SSe/c74-65-43-61-56(42-57(65)68-54-38-37-48(39-53(54)52-31-15-20-36-64(52)73-68)72-58-33-17-13-29-50(58)51-30-14-18-34-59(51)72)67-55-32-16-19-35-60(55)70(46-25-9-3-10-26-46)62-40-49(41-63(66(62)67)71(61)47-27-11-4-12-28-47)69(44-21-5-1-6-22-44)45-23-7-2-8-24-45/h1-43H. The van der Waals surface area contributed by atoms with Crippen LogP contribution >= 0.6 is 11.6 Å². The van der Waals surface area contributed by atoms with Crippen LogP contribution in [-0.4, -0.2) is 33.3 Å². The molecular weight excluding hydrogens is 981 g/mol. The summed E-state index contributed by atoms with van der Waals surface area (Å²) in [6.45, 7) is -0.0700. The van der Waals surface area contributed by atoms with Gasteiger partial charge in [0.05, 0.1) is 0 Å². The molecule has 4 heterocycles. The molecule has 4 nitrogen and oxygen atoms in total. The molecule has 0 atom stereocenters. The minimum absolute atomic E-state index is 0.0204. The number of hydrogen-bond acceptors (Lipinski definition) is 4. The fourth-order valence-electron chi connectivity index (χ4n) is 12.2. The van der Waals surface area contributed by atoms with Crippen LogP contribution in [0.15, 0.2) is 266 Å². The molecule has 0 bridgehead atoms. The van der Waals surface area contributed by atoms with Crippen molar-refractivity contribution in [1.29, 1.82) is 0 Å². The fraction of sp³-hybridized carbons (Fsp3) is 0. The molecule has 3 aliphatic rings. The summed E-state index contributed by atoms with van der Waals surface area (Å²) in [6.07, 6.45) is 0. The second kappa shape index (κ2) is 17.4. The zero-order valence-electron chi connectivity index (χ0n) is 40.1. The van der Waals surface area contributed by atoms with Gasteiger partial charge in [-0.1, -0.05) is 0 Å². The van der Waals surface area contributed by atoms with Gasteiger partial charge in [0.2, 0.25) is 0 Å². The van der Waals surface area contributed by atoms with E-state index in [0.717, 1.165) is 50.0 Å². The maximum atomic E-state index is 3.66. The Kier molecular flexibility index (Phi) is 10.2. The second-order valence-corrected chi connectivity index (χ2v) is 21.4. The SMILES string of the molecule is [Se]c1cc2c(cc1B1Sc3ccccc3-c3cc(-n4c5ccccc5c5ccccc54)ccc31)B1c3ccccc3N(c3ccccc3)c3cc(N(c4ccccc4)c4ccccc4)cc(c31)N2c1ccccc1. The van der Waals surface area contributed by atoms with Crippen LogP contribution in [0.3, 0.4) is 0 Å². The molecule has 0 aliphatic carbocycles. The van der Waals surface area contributed by atoms with E-state index in [1.165, 1.54) is 76.5 Å². The molecule has 345 valence electrons. The number of para-hydroxylation sites is 7. The molecule has 0 spiro atoms. The van der Waals surface area contributed by atoms with E-state index < -0.39 is 0 Å². The third kappa shape index (κ3) is 6.72. The van der Waals surface area contributed by atoms with Gasteiger partial charge >= 0.3 is 447 Å². The summed E-state index contributed by atoms with van der Waals surface area (Å²) in [4.78, 5) is 8.71. The van der Waals surface area contributed by atoms with E-state index in [-0.39, 0.29) is 12.7 Å². The van der Waals surface area contributed by atoms with Crippen molar-refractivity contribution in [2.24, 2.45) is 0 Å². The van der Waals surface area contributed by atoms with Crippen molar-refractivity contribution in [2.45, 2.75) is 4.90 Å². The van der Waals surface area contributed by atoms with Crippen molar-refractivity contribution in [2.75, 3.05) is 14.7 Å². The van der Waals surface area contributed by atoms with Crippen LogP contribution in [0.2, 0.25) is 0 Å². The van der Waals surface area contributed by atoms with Gasteiger partial charge in [-0.3, -0.25) is 0 Å². The molecule has 1 radical (unpaired) electrons. The van der Waals surface area contributed by atoms with E-state index in [1.807, 2.05) is 11.6 Å². The Bertz CT molecular complexity index is 4080. The normalized spacial score (nSPS) is 13.0. The average Bonchev–Trinajstić information content (AvgIpc) is 3.87. The van der Waals surface area contributed by atoms with Crippen molar-refractivity contribution in [3.05, 3.63) is 261 Å². The van der Waals surface area contributed by atoms with Crippen molar-refractivity contribution < 1.29 is 0 Å². The molecular formula is C66H43B2N4SSe. The molecule has 1 aromatic heterocycles. The summed E-state index contributed by atoms with van der Waals surface area (Å²) in [7, 11) is 0. The van der Waals surface area contributed by atoms with E-state index in [1.54, 1.807) is 0 Å².